The number of nitrogens with one attached hydrogen (secondary N) is 1. The molecule has 1 atom stereocenters. The Bertz CT molecular complexity index is 464. The van der Waals surface area contributed by atoms with Gasteiger partial charge in [-0.15, -0.1) is 0 Å². The van der Waals surface area contributed by atoms with Crippen molar-refractivity contribution in [2.24, 2.45) is 5.92 Å². The van der Waals surface area contributed by atoms with Crippen LogP contribution in [0.25, 0.3) is 0 Å². The molecule has 1 aliphatic heterocycles. The summed E-state index contributed by atoms with van der Waals surface area (Å²) in [7, 11) is 0. The van der Waals surface area contributed by atoms with E-state index in [0.717, 1.165) is 19.6 Å². The predicted octanol–water partition coefficient (Wildman–Crippen LogP) is 2.13. The molecule has 1 aromatic rings. The van der Waals surface area contributed by atoms with Crippen molar-refractivity contribution in [1.29, 1.82) is 0 Å². The summed E-state index contributed by atoms with van der Waals surface area (Å²) < 4.78 is 6.99. The second kappa shape index (κ2) is 5.56. The van der Waals surface area contributed by atoms with Crippen molar-refractivity contribution in [3.63, 3.8) is 0 Å². The minimum atomic E-state index is -0.366. The zero-order valence-corrected chi connectivity index (χ0v) is 11.5. The van der Waals surface area contributed by atoms with E-state index >= 15 is 0 Å². The number of nitrogens with zero attached hydrogens (tertiary/aromatic N) is 3. The van der Waals surface area contributed by atoms with Gasteiger partial charge in [0.05, 0.1) is 11.5 Å². The quantitative estimate of drug-likeness (QED) is 0.653. The van der Waals surface area contributed by atoms with Gasteiger partial charge in [-0.1, -0.05) is 0 Å². The molecule has 0 radical (unpaired) electrons. The van der Waals surface area contributed by atoms with Crippen LogP contribution in [0.5, 0.6) is 0 Å². The molecular weight excluding hydrogens is 248 g/mol. The molecular formula is C12H20N4O3. The van der Waals surface area contributed by atoms with E-state index in [1.807, 2.05) is 13.8 Å². The molecule has 1 N–H and O–H groups in total. The lowest BCUT2D eigenvalue weighted by Crippen LogP contribution is -2.18. The number of aryl methyl sites for hydroxylation is 1. The Labute approximate surface area is 112 Å². The minimum Gasteiger partial charge on any atom is -0.381 e. The number of nitro groups is 1. The van der Waals surface area contributed by atoms with Crippen LogP contribution in [0.4, 0.5) is 11.5 Å². The molecule has 1 fully saturated rings. The van der Waals surface area contributed by atoms with Crippen LogP contribution < -0.4 is 5.32 Å². The Balaban J connectivity index is 2.22. The normalized spacial score (nSPS) is 19.1. The lowest BCUT2D eigenvalue weighted by atomic mass is 10.1. The fourth-order valence-electron chi connectivity index (χ4n) is 2.28. The van der Waals surface area contributed by atoms with Crippen LogP contribution in [0.15, 0.2) is 0 Å². The van der Waals surface area contributed by atoms with Crippen molar-refractivity contribution in [3.05, 3.63) is 15.8 Å². The van der Waals surface area contributed by atoms with E-state index in [2.05, 4.69) is 10.4 Å². The van der Waals surface area contributed by atoms with Crippen LogP contribution in [0.1, 0.15) is 32.0 Å². The van der Waals surface area contributed by atoms with Crippen LogP contribution in [-0.4, -0.2) is 34.5 Å². The first kappa shape index (κ1) is 13.8. The van der Waals surface area contributed by atoms with Gasteiger partial charge in [0.2, 0.25) is 5.82 Å². The van der Waals surface area contributed by atoms with Crippen molar-refractivity contribution >= 4 is 11.5 Å². The molecule has 19 heavy (non-hydrogen) atoms. The van der Waals surface area contributed by atoms with E-state index in [1.54, 1.807) is 11.6 Å². The van der Waals surface area contributed by atoms with Crippen molar-refractivity contribution in [1.82, 2.24) is 9.78 Å². The number of rotatable bonds is 5. The zero-order valence-electron chi connectivity index (χ0n) is 11.5. The predicted molar refractivity (Wildman–Crippen MR) is 71.4 cm³/mol. The van der Waals surface area contributed by atoms with E-state index in [1.165, 1.54) is 0 Å². The van der Waals surface area contributed by atoms with Gasteiger partial charge < -0.3 is 10.1 Å². The Kier molecular flexibility index (Phi) is 4.04. The monoisotopic (exact) mass is 268 g/mol. The molecule has 1 aromatic heterocycles. The number of aromatic nitrogens is 2. The van der Waals surface area contributed by atoms with Gasteiger partial charge in [0.1, 0.15) is 5.69 Å². The molecule has 0 bridgehead atoms. The standard InChI is InChI=1S/C12H20N4O3/c1-8(2)15-12(11(16(17)18)9(3)14-15)13-6-10-4-5-19-7-10/h8,10,13H,4-7H2,1-3H3. The summed E-state index contributed by atoms with van der Waals surface area (Å²) in [6, 6.07) is 0.0785. The topological polar surface area (TPSA) is 82.2 Å². The maximum atomic E-state index is 11.2. The smallest absolute Gasteiger partial charge is 0.333 e. The molecule has 1 unspecified atom stereocenters. The third kappa shape index (κ3) is 2.86. The largest absolute Gasteiger partial charge is 0.381 e. The highest BCUT2D eigenvalue weighted by molar-refractivity contribution is 5.59. The van der Waals surface area contributed by atoms with Crippen LogP contribution >= 0.6 is 0 Å². The molecule has 0 aromatic carbocycles. The molecule has 0 saturated carbocycles. The van der Waals surface area contributed by atoms with Crippen LogP contribution in [0.2, 0.25) is 0 Å². The average molecular weight is 268 g/mol. The molecule has 1 saturated heterocycles. The summed E-state index contributed by atoms with van der Waals surface area (Å²) in [4.78, 5) is 10.8. The van der Waals surface area contributed by atoms with Gasteiger partial charge in [0.15, 0.2) is 0 Å². The van der Waals surface area contributed by atoms with Crippen molar-refractivity contribution in [2.45, 2.75) is 33.2 Å². The van der Waals surface area contributed by atoms with Crippen LogP contribution in [0, 0.1) is 23.0 Å². The van der Waals surface area contributed by atoms with Crippen molar-refractivity contribution in [2.75, 3.05) is 25.1 Å². The Morgan fingerprint density at radius 2 is 2.37 bits per heavy atom. The first-order chi connectivity index (χ1) is 9.00. The third-order valence-corrected chi connectivity index (χ3v) is 3.31. The van der Waals surface area contributed by atoms with Crippen LogP contribution in [0.3, 0.4) is 0 Å². The highest BCUT2D eigenvalue weighted by atomic mass is 16.6. The number of hydrogen-bond acceptors (Lipinski definition) is 5. The van der Waals surface area contributed by atoms with E-state index in [-0.39, 0.29) is 16.7 Å². The first-order valence-corrected chi connectivity index (χ1v) is 6.55. The summed E-state index contributed by atoms with van der Waals surface area (Å²) in [5.74, 6) is 0.917. The van der Waals surface area contributed by atoms with Crippen molar-refractivity contribution < 1.29 is 9.66 Å². The Morgan fingerprint density at radius 3 is 2.89 bits per heavy atom. The molecule has 2 rings (SSSR count). The highest BCUT2D eigenvalue weighted by Gasteiger charge is 2.27. The van der Waals surface area contributed by atoms with E-state index in [0.29, 0.717) is 24.0 Å². The van der Waals surface area contributed by atoms with Gasteiger partial charge in [-0.25, -0.2) is 4.68 Å². The number of anilines is 1. The van der Waals surface area contributed by atoms with Gasteiger partial charge in [-0.05, 0) is 27.2 Å². The van der Waals surface area contributed by atoms with E-state index < -0.39 is 0 Å². The maximum Gasteiger partial charge on any atom is 0.333 e. The average Bonchev–Trinajstić information content (AvgIpc) is 2.92. The highest BCUT2D eigenvalue weighted by Crippen LogP contribution is 2.31. The summed E-state index contributed by atoms with van der Waals surface area (Å²) in [5.41, 5.74) is 0.525. The molecule has 106 valence electrons. The third-order valence-electron chi connectivity index (χ3n) is 3.31. The lowest BCUT2D eigenvalue weighted by Gasteiger charge is -2.14. The second-order valence-corrected chi connectivity index (χ2v) is 5.19. The van der Waals surface area contributed by atoms with Gasteiger partial charge in [-0.3, -0.25) is 10.1 Å². The zero-order chi connectivity index (χ0) is 14.0. The van der Waals surface area contributed by atoms with E-state index in [4.69, 9.17) is 4.74 Å². The number of ether oxygens (including phenoxy) is 1. The minimum absolute atomic E-state index is 0.0765. The fraction of sp³-hybridized carbons (Fsp3) is 0.750. The molecule has 2 heterocycles. The molecule has 1 aliphatic rings. The molecule has 0 amide bonds. The van der Waals surface area contributed by atoms with Gasteiger partial charge in [0.25, 0.3) is 0 Å². The summed E-state index contributed by atoms with van der Waals surface area (Å²) in [6.45, 7) is 7.76. The molecule has 0 spiro atoms. The van der Waals surface area contributed by atoms with Crippen molar-refractivity contribution in [3.8, 4) is 0 Å². The fourth-order valence-corrected chi connectivity index (χ4v) is 2.28. The van der Waals surface area contributed by atoms with Gasteiger partial charge in [-0.2, -0.15) is 5.10 Å². The van der Waals surface area contributed by atoms with Crippen LogP contribution in [-0.2, 0) is 4.74 Å². The second-order valence-electron chi connectivity index (χ2n) is 5.19. The van der Waals surface area contributed by atoms with Gasteiger partial charge in [0, 0.05) is 25.1 Å². The number of hydrogen-bond donors (Lipinski definition) is 1. The summed E-state index contributed by atoms with van der Waals surface area (Å²) >= 11 is 0. The molecule has 0 aliphatic carbocycles. The SMILES string of the molecule is Cc1nn(C(C)C)c(NCC2CCOC2)c1[N+](=O)[O-]. The summed E-state index contributed by atoms with van der Waals surface area (Å²) in [6.07, 6.45) is 0.996. The lowest BCUT2D eigenvalue weighted by molar-refractivity contribution is -0.384. The Hall–Kier alpha value is -1.63. The van der Waals surface area contributed by atoms with E-state index in [9.17, 15) is 10.1 Å². The molecule has 7 heteroatoms. The maximum absolute atomic E-state index is 11.2. The summed E-state index contributed by atoms with van der Waals surface area (Å²) in [5, 5.41) is 18.6. The molecule has 7 nitrogen and oxygen atoms in total. The van der Waals surface area contributed by atoms with Gasteiger partial charge >= 0.3 is 5.69 Å². The first-order valence-electron chi connectivity index (χ1n) is 6.55. The Morgan fingerprint density at radius 1 is 1.63 bits per heavy atom.